The Kier molecular flexibility index (Phi) is 7.12. The zero-order chi connectivity index (χ0) is 20.1. The summed E-state index contributed by atoms with van der Waals surface area (Å²) in [5.74, 6) is -0.343. The molecule has 2 rings (SSSR count). The number of carbonyl (C=O) groups excluding carboxylic acids is 1. The van der Waals surface area contributed by atoms with Crippen LogP contribution < -0.4 is 15.2 Å². The quantitative estimate of drug-likeness (QED) is 0.524. The molecule has 0 bridgehead atoms. The molecular weight excluding hydrogens is 458 g/mol. The normalized spacial score (nSPS) is 11.9. The fourth-order valence-electron chi connectivity index (χ4n) is 2.08. The maximum atomic E-state index is 12.1. The molecule has 8 nitrogen and oxygen atoms in total. The van der Waals surface area contributed by atoms with E-state index < -0.39 is 20.0 Å². The number of sulfonamides is 2. The zero-order valence-electron chi connectivity index (χ0n) is 14.1. The van der Waals surface area contributed by atoms with Crippen molar-refractivity contribution in [2.75, 3.05) is 6.54 Å². The highest BCUT2D eigenvalue weighted by Crippen LogP contribution is 2.14. The fraction of sp³-hybridized carbons (Fsp3) is 0.188. The molecule has 0 saturated heterocycles. The van der Waals surface area contributed by atoms with Crippen LogP contribution in [0.2, 0.25) is 0 Å². The van der Waals surface area contributed by atoms with Gasteiger partial charge >= 0.3 is 0 Å². The lowest BCUT2D eigenvalue weighted by Gasteiger charge is -2.08. The number of benzene rings is 2. The largest absolute Gasteiger partial charge is 0.352 e. The molecule has 4 N–H and O–H groups in total. The van der Waals surface area contributed by atoms with Crippen LogP contribution in [0.4, 0.5) is 0 Å². The van der Waals surface area contributed by atoms with Crippen molar-refractivity contribution in [3.8, 4) is 0 Å². The molecule has 0 aromatic heterocycles. The lowest BCUT2D eigenvalue weighted by atomic mass is 10.2. The third-order valence-electron chi connectivity index (χ3n) is 3.51. The molecule has 0 aliphatic rings. The van der Waals surface area contributed by atoms with Crippen molar-refractivity contribution in [3.63, 3.8) is 0 Å². The number of carbonyl (C=O) groups is 1. The minimum absolute atomic E-state index is 0.0140. The van der Waals surface area contributed by atoms with Crippen LogP contribution in [0.25, 0.3) is 0 Å². The van der Waals surface area contributed by atoms with E-state index in [0.717, 1.165) is 4.47 Å². The van der Waals surface area contributed by atoms with E-state index in [1.54, 1.807) is 12.1 Å². The first-order valence-corrected chi connectivity index (χ1v) is 11.5. The summed E-state index contributed by atoms with van der Waals surface area (Å²) in [5.41, 5.74) is 0.686. The van der Waals surface area contributed by atoms with E-state index in [1.165, 1.54) is 36.4 Å². The third kappa shape index (κ3) is 6.70. The van der Waals surface area contributed by atoms with Gasteiger partial charge in [0.25, 0.3) is 0 Å². The van der Waals surface area contributed by atoms with Crippen molar-refractivity contribution >= 4 is 41.9 Å². The Morgan fingerprint density at radius 2 is 1.48 bits per heavy atom. The number of halogens is 1. The number of amides is 1. The van der Waals surface area contributed by atoms with Crippen molar-refractivity contribution in [1.82, 2.24) is 10.0 Å². The Labute approximate surface area is 166 Å². The van der Waals surface area contributed by atoms with Crippen LogP contribution in [-0.2, 0) is 31.4 Å². The van der Waals surface area contributed by atoms with Crippen molar-refractivity contribution in [2.24, 2.45) is 5.14 Å². The minimum Gasteiger partial charge on any atom is -0.352 e. The van der Waals surface area contributed by atoms with E-state index in [4.69, 9.17) is 5.14 Å². The molecule has 0 unspecified atom stereocenters. The molecule has 2 aromatic rings. The van der Waals surface area contributed by atoms with Gasteiger partial charge in [-0.2, -0.15) is 0 Å². The molecule has 0 fully saturated rings. The second kappa shape index (κ2) is 8.93. The molecule has 0 atom stereocenters. The van der Waals surface area contributed by atoms with E-state index in [0.29, 0.717) is 5.56 Å². The number of nitrogens with two attached hydrogens (primary N) is 1. The molecule has 0 heterocycles. The molecule has 0 aliphatic heterocycles. The fourth-order valence-corrected chi connectivity index (χ4v) is 3.89. The van der Waals surface area contributed by atoms with Gasteiger partial charge in [0.05, 0.1) is 9.79 Å². The predicted molar refractivity (Wildman–Crippen MR) is 104 cm³/mol. The highest BCUT2D eigenvalue weighted by Gasteiger charge is 2.14. The van der Waals surface area contributed by atoms with Gasteiger partial charge in [-0.15, -0.1) is 0 Å². The van der Waals surface area contributed by atoms with Crippen LogP contribution >= 0.6 is 15.9 Å². The first-order chi connectivity index (χ1) is 12.6. The lowest BCUT2D eigenvalue weighted by Crippen LogP contribution is -2.30. The van der Waals surface area contributed by atoms with Gasteiger partial charge < -0.3 is 5.32 Å². The molecule has 146 valence electrons. The summed E-state index contributed by atoms with van der Waals surface area (Å²) >= 11 is 3.23. The highest BCUT2D eigenvalue weighted by atomic mass is 79.9. The summed E-state index contributed by atoms with van der Waals surface area (Å²) in [7, 11) is -7.44. The van der Waals surface area contributed by atoms with E-state index in [2.05, 4.69) is 26.0 Å². The van der Waals surface area contributed by atoms with Gasteiger partial charge in [-0.1, -0.05) is 28.1 Å². The molecule has 0 aliphatic carbocycles. The van der Waals surface area contributed by atoms with E-state index >= 15 is 0 Å². The molecular formula is C16H18BrN3O5S2. The minimum atomic E-state index is -3.76. The number of primary sulfonamides is 1. The number of nitrogens with one attached hydrogen (secondary N) is 2. The topological polar surface area (TPSA) is 135 Å². The Morgan fingerprint density at radius 1 is 0.926 bits per heavy atom. The van der Waals surface area contributed by atoms with Crippen molar-refractivity contribution in [1.29, 1.82) is 0 Å². The van der Waals surface area contributed by atoms with Crippen LogP contribution in [0.5, 0.6) is 0 Å². The summed E-state index contributed by atoms with van der Waals surface area (Å²) < 4.78 is 49.7. The Balaban J connectivity index is 1.80. The van der Waals surface area contributed by atoms with Crippen LogP contribution in [0.1, 0.15) is 12.0 Å². The summed E-state index contributed by atoms with van der Waals surface area (Å²) in [6, 6.07) is 11.9. The second-order valence-electron chi connectivity index (χ2n) is 5.57. The zero-order valence-corrected chi connectivity index (χ0v) is 17.3. The van der Waals surface area contributed by atoms with Gasteiger partial charge in [-0.05, 0) is 42.0 Å². The molecule has 1 amide bonds. The Bertz CT molecular complexity index is 1010. The van der Waals surface area contributed by atoms with Gasteiger partial charge in [0.1, 0.15) is 0 Å². The van der Waals surface area contributed by atoms with Gasteiger partial charge in [-0.3, -0.25) is 4.79 Å². The first kappa shape index (κ1) is 21.5. The van der Waals surface area contributed by atoms with E-state index in [1.807, 2.05) is 0 Å². The second-order valence-corrected chi connectivity index (χ2v) is 9.81. The Hall–Kier alpha value is -1.79. The van der Waals surface area contributed by atoms with Crippen LogP contribution in [0.3, 0.4) is 0 Å². The van der Waals surface area contributed by atoms with Gasteiger partial charge in [0, 0.05) is 24.0 Å². The molecule has 2 aromatic carbocycles. The maximum Gasteiger partial charge on any atom is 0.240 e. The van der Waals surface area contributed by atoms with Crippen molar-refractivity contribution < 1.29 is 21.6 Å². The number of hydrogen-bond donors (Lipinski definition) is 3. The van der Waals surface area contributed by atoms with Crippen molar-refractivity contribution in [2.45, 2.75) is 22.8 Å². The lowest BCUT2D eigenvalue weighted by molar-refractivity contribution is -0.121. The van der Waals surface area contributed by atoms with Gasteiger partial charge in [0.15, 0.2) is 0 Å². The summed E-state index contributed by atoms with van der Waals surface area (Å²) in [5, 5.41) is 7.64. The van der Waals surface area contributed by atoms with E-state index in [9.17, 15) is 21.6 Å². The first-order valence-electron chi connectivity index (χ1n) is 7.71. The van der Waals surface area contributed by atoms with E-state index in [-0.39, 0.29) is 35.2 Å². The molecule has 0 saturated carbocycles. The SMILES string of the molecule is NS(=O)(=O)c1ccc(CNC(=O)CCNS(=O)(=O)c2ccc(Br)cc2)cc1. The standard InChI is InChI=1S/C16H18BrN3O5S2/c17-13-3-7-15(8-4-13)27(24,25)20-10-9-16(21)19-11-12-1-5-14(6-2-12)26(18,22)23/h1-8,20H,9-11H2,(H,19,21)(H2,18,22,23). The number of hydrogen-bond acceptors (Lipinski definition) is 5. The van der Waals surface area contributed by atoms with Gasteiger partial charge in [0.2, 0.25) is 26.0 Å². The van der Waals surface area contributed by atoms with Gasteiger partial charge in [-0.25, -0.2) is 26.7 Å². The average molecular weight is 476 g/mol. The predicted octanol–water partition coefficient (Wildman–Crippen LogP) is 1.08. The van der Waals surface area contributed by atoms with Crippen LogP contribution in [-0.4, -0.2) is 29.3 Å². The smallest absolute Gasteiger partial charge is 0.240 e. The van der Waals surface area contributed by atoms with Crippen molar-refractivity contribution in [3.05, 3.63) is 58.6 Å². The average Bonchev–Trinajstić information content (AvgIpc) is 2.60. The molecule has 0 spiro atoms. The monoisotopic (exact) mass is 475 g/mol. The number of rotatable bonds is 8. The molecule has 11 heteroatoms. The highest BCUT2D eigenvalue weighted by molar-refractivity contribution is 9.10. The summed E-state index contributed by atoms with van der Waals surface area (Å²) in [6.07, 6.45) is -0.0367. The van der Waals surface area contributed by atoms with Crippen LogP contribution in [0.15, 0.2) is 62.8 Å². The van der Waals surface area contributed by atoms with Crippen LogP contribution in [0, 0.1) is 0 Å². The summed E-state index contributed by atoms with van der Waals surface area (Å²) in [4.78, 5) is 11.9. The maximum absolute atomic E-state index is 12.1. The summed E-state index contributed by atoms with van der Waals surface area (Å²) in [6.45, 7) is 0.137. The molecule has 27 heavy (non-hydrogen) atoms. The Morgan fingerprint density at radius 3 is 2.04 bits per heavy atom. The molecule has 0 radical (unpaired) electrons. The third-order valence-corrected chi connectivity index (χ3v) is 6.44.